The van der Waals surface area contributed by atoms with Crippen molar-refractivity contribution in [3.05, 3.63) is 52.2 Å². The Kier molecular flexibility index (Phi) is 5.55. The second kappa shape index (κ2) is 7.64. The molecule has 3 rings (SSSR count). The number of pyridine rings is 1. The van der Waals surface area contributed by atoms with Crippen LogP contribution < -0.4 is 16.0 Å². The molecule has 0 spiro atoms. The first-order valence-electron chi connectivity index (χ1n) is 7.67. The monoisotopic (exact) mass is 460 g/mol. The lowest BCUT2D eigenvalue weighted by molar-refractivity contribution is -0.122. The largest absolute Gasteiger partial charge is 0.297 e. The summed E-state index contributed by atoms with van der Waals surface area (Å²) in [5.41, 5.74) is 4.16. The first kappa shape index (κ1) is 21.1. The Hall–Kier alpha value is -2.65. The number of sulfonamides is 1. The molecular formula is C14H13ClN6O6S2. The summed E-state index contributed by atoms with van der Waals surface area (Å²) in [6, 6.07) is 2.81. The summed E-state index contributed by atoms with van der Waals surface area (Å²) >= 11 is 5.89. The highest BCUT2D eigenvalue weighted by Gasteiger charge is 2.36. The number of rotatable bonds is 3. The lowest BCUT2D eigenvalue weighted by atomic mass is 10.1. The van der Waals surface area contributed by atoms with Crippen molar-refractivity contribution in [2.24, 2.45) is 14.5 Å². The van der Waals surface area contributed by atoms with E-state index in [9.17, 15) is 26.8 Å². The summed E-state index contributed by atoms with van der Waals surface area (Å²) in [6.07, 6.45) is 2.95. The number of hydrogen-bond acceptors (Lipinski definition) is 8. The van der Waals surface area contributed by atoms with Crippen LogP contribution >= 0.6 is 11.6 Å². The third kappa shape index (κ3) is 4.51. The van der Waals surface area contributed by atoms with Crippen molar-refractivity contribution in [1.82, 2.24) is 15.8 Å². The summed E-state index contributed by atoms with van der Waals surface area (Å²) in [4.78, 5) is 31.4. The number of allylic oxidation sites excluding steroid dienone is 2. The molecule has 0 aromatic carbocycles. The van der Waals surface area contributed by atoms with Crippen LogP contribution in [0.5, 0.6) is 0 Å². The van der Waals surface area contributed by atoms with E-state index in [1.165, 1.54) is 24.5 Å². The average molecular weight is 461 g/mol. The topological polar surface area (TPSA) is 193 Å². The van der Waals surface area contributed by atoms with Crippen molar-refractivity contribution >= 4 is 49.2 Å². The van der Waals surface area contributed by atoms with E-state index in [2.05, 4.69) is 19.8 Å². The zero-order valence-electron chi connectivity index (χ0n) is 14.2. The van der Waals surface area contributed by atoms with Gasteiger partial charge in [-0.25, -0.2) is 22.8 Å². The Morgan fingerprint density at radius 2 is 1.90 bits per heavy atom. The molecule has 1 aromatic heterocycles. The van der Waals surface area contributed by atoms with Crippen molar-refractivity contribution in [3.8, 4) is 0 Å². The van der Waals surface area contributed by atoms with E-state index in [4.69, 9.17) is 16.7 Å². The van der Waals surface area contributed by atoms with Crippen LogP contribution in [-0.2, 0) is 24.8 Å². The number of hydrazine groups is 1. The summed E-state index contributed by atoms with van der Waals surface area (Å²) in [7, 11) is -8.38. The van der Waals surface area contributed by atoms with Gasteiger partial charge in [0.1, 0.15) is 5.25 Å². The van der Waals surface area contributed by atoms with E-state index in [0.29, 0.717) is 0 Å². The van der Waals surface area contributed by atoms with Crippen molar-refractivity contribution in [1.29, 1.82) is 0 Å². The van der Waals surface area contributed by atoms with Gasteiger partial charge in [-0.2, -0.15) is 4.36 Å². The Morgan fingerprint density at radius 3 is 2.52 bits per heavy atom. The summed E-state index contributed by atoms with van der Waals surface area (Å²) in [5.74, 6) is -1.66. The molecule has 29 heavy (non-hydrogen) atoms. The molecule has 154 valence electrons. The zero-order chi connectivity index (χ0) is 21.4. The molecule has 0 fully saturated rings. The van der Waals surface area contributed by atoms with Gasteiger partial charge in [0.2, 0.25) is 16.2 Å². The molecule has 2 aliphatic rings. The number of aromatic nitrogens is 1. The molecule has 5 N–H and O–H groups in total. The van der Waals surface area contributed by atoms with Gasteiger partial charge < -0.3 is 0 Å². The highest BCUT2D eigenvalue weighted by Crippen LogP contribution is 2.30. The molecule has 15 heteroatoms. The molecule has 0 saturated carbocycles. The summed E-state index contributed by atoms with van der Waals surface area (Å²) in [5, 5.41) is 3.25. The molecule has 3 atom stereocenters. The SMILES string of the molecule is NS(=O)(=O)C1C=C2C(=NC(C(=O)NNC(=O)c3ccncc3)N=S2(=O)O)C=C1Cl. The molecule has 1 aliphatic heterocycles. The van der Waals surface area contributed by atoms with Gasteiger partial charge >= 0.3 is 0 Å². The maximum atomic E-state index is 12.5. The second-order valence-corrected chi connectivity index (χ2v) is 9.51. The number of carbonyl (C=O) groups excluding carboxylic acids is 2. The minimum atomic E-state index is -4.19. The fourth-order valence-corrected chi connectivity index (χ4v) is 4.93. The predicted octanol–water partition coefficient (Wildman–Crippen LogP) is -0.758. The van der Waals surface area contributed by atoms with Gasteiger partial charge in [0.05, 0.1) is 10.6 Å². The Labute approximate surface area is 170 Å². The van der Waals surface area contributed by atoms with Crippen LogP contribution in [0.1, 0.15) is 10.4 Å². The average Bonchev–Trinajstić information content (AvgIpc) is 2.64. The zero-order valence-corrected chi connectivity index (χ0v) is 16.6. The molecule has 0 saturated heterocycles. The van der Waals surface area contributed by atoms with E-state index in [1.807, 2.05) is 5.43 Å². The minimum Gasteiger partial charge on any atom is -0.297 e. The van der Waals surface area contributed by atoms with Crippen LogP contribution in [0.25, 0.3) is 0 Å². The van der Waals surface area contributed by atoms with Crippen molar-refractivity contribution < 1.29 is 26.8 Å². The smallest absolute Gasteiger partial charge is 0.286 e. The van der Waals surface area contributed by atoms with Gasteiger partial charge in [-0.15, -0.1) is 0 Å². The number of primary sulfonamides is 1. The van der Waals surface area contributed by atoms with E-state index in [0.717, 1.165) is 12.2 Å². The van der Waals surface area contributed by atoms with Crippen LogP contribution in [0, 0.1) is 0 Å². The quantitative estimate of drug-likeness (QED) is 0.425. The van der Waals surface area contributed by atoms with E-state index >= 15 is 0 Å². The third-order valence-electron chi connectivity index (χ3n) is 3.72. The Bertz CT molecular complexity index is 1200. The molecule has 1 aliphatic carbocycles. The highest BCUT2D eigenvalue weighted by atomic mass is 35.5. The first-order valence-corrected chi connectivity index (χ1v) is 11.1. The van der Waals surface area contributed by atoms with Gasteiger partial charge in [0, 0.05) is 23.0 Å². The standard InChI is InChI=1S/C14H13ClN6O6S2/c15-8-5-9-11(6-10(8)28(16,24)25)29(26,27)21-12(18-9)14(23)20-19-13(22)7-1-3-17-4-2-7/h1-6,10,12H,(H,19,22)(H,20,23)(H2,16,24,25)(H,21,26,27). The number of nitrogens with zero attached hydrogens (tertiary/aromatic N) is 3. The fourth-order valence-electron chi connectivity index (χ4n) is 2.38. The number of hydrogen-bond donors (Lipinski definition) is 4. The van der Waals surface area contributed by atoms with Crippen LogP contribution in [0.4, 0.5) is 0 Å². The third-order valence-corrected chi connectivity index (χ3v) is 6.70. The molecule has 1 aromatic rings. The number of carbonyl (C=O) groups is 2. The van der Waals surface area contributed by atoms with Crippen LogP contribution in [-0.4, -0.2) is 51.1 Å². The molecule has 3 unspecified atom stereocenters. The van der Waals surface area contributed by atoms with Gasteiger partial charge in [0.15, 0.2) is 10.0 Å². The lowest BCUT2D eigenvalue weighted by Gasteiger charge is -2.24. The van der Waals surface area contributed by atoms with Crippen LogP contribution in [0.3, 0.4) is 0 Å². The second-order valence-electron chi connectivity index (χ2n) is 5.74. The lowest BCUT2D eigenvalue weighted by Crippen LogP contribution is -2.46. The molecule has 0 bridgehead atoms. The summed E-state index contributed by atoms with van der Waals surface area (Å²) in [6.45, 7) is 0. The van der Waals surface area contributed by atoms with Crippen LogP contribution in [0.2, 0.25) is 0 Å². The Balaban J connectivity index is 1.82. The van der Waals surface area contributed by atoms with E-state index < -0.39 is 48.2 Å². The minimum absolute atomic E-state index is 0.196. The molecule has 2 heterocycles. The fraction of sp³-hybridized carbons (Fsp3) is 0.143. The number of halogens is 1. The maximum Gasteiger partial charge on any atom is 0.286 e. The number of nitrogens with one attached hydrogen (secondary N) is 2. The van der Waals surface area contributed by atoms with Gasteiger partial charge in [-0.05, 0) is 24.3 Å². The molecule has 12 nitrogen and oxygen atoms in total. The van der Waals surface area contributed by atoms with Gasteiger partial charge in [0.25, 0.3) is 11.8 Å². The number of amides is 2. The van der Waals surface area contributed by atoms with Gasteiger partial charge in [-0.1, -0.05) is 11.6 Å². The van der Waals surface area contributed by atoms with Gasteiger partial charge in [-0.3, -0.25) is 30.0 Å². The maximum absolute atomic E-state index is 12.5. The number of nitrogens with two attached hydrogens (primary N) is 1. The Morgan fingerprint density at radius 1 is 1.24 bits per heavy atom. The predicted molar refractivity (Wildman–Crippen MR) is 103 cm³/mol. The first-order chi connectivity index (χ1) is 13.5. The number of fused-ring (bicyclic) bond motifs is 1. The normalized spacial score (nSPS) is 26.1. The van der Waals surface area contributed by atoms with Crippen molar-refractivity contribution in [3.63, 3.8) is 0 Å². The van der Waals surface area contributed by atoms with Crippen LogP contribution in [0.15, 0.2) is 56.0 Å². The molecular weight excluding hydrogens is 448 g/mol. The number of aliphatic imine (C=N–C) groups is 1. The summed E-state index contributed by atoms with van der Waals surface area (Å²) < 4.78 is 49.2. The van der Waals surface area contributed by atoms with Crippen molar-refractivity contribution in [2.75, 3.05) is 0 Å². The van der Waals surface area contributed by atoms with E-state index in [1.54, 1.807) is 0 Å². The highest BCUT2D eigenvalue weighted by molar-refractivity contribution is 7.93. The molecule has 2 amide bonds. The van der Waals surface area contributed by atoms with Crippen molar-refractivity contribution in [2.45, 2.75) is 11.4 Å². The molecule has 0 radical (unpaired) electrons. The van der Waals surface area contributed by atoms with E-state index in [-0.39, 0.29) is 16.3 Å².